The van der Waals surface area contributed by atoms with Crippen LogP contribution in [0.3, 0.4) is 0 Å². The number of Topliss-reactive ketones (excluding diaryl/α,β-unsaturated/α-hetero) is 1. The van der Waals surface area contributed by atoms with Gasteiger partial charge in [-0.15, -0.1) is 5.10 Å². The van der Waals surface area contributed by atoms with Crippen LogP contribution in [0.15, 0.2) is 42.5 Å². The number of benzene rings is 2. The second-order valence-electron chi connectivity index (χ2n) is 6.65. The summed E-state index contributed by atoms with van der Waals surface area (Å²) in [6.45, 7) is 0.944. The largest absolute Gasteiger partial charge is 0.416 e. The van der Waals surface area contributed by atoms with Crippen LogP contribution in [0.4, 0.5) is 26.3 Å². The first-order valence-corrected chi connectivity index (χ1v) is 9.23. The van der Waals surface area contributed by atoms with Crippen molar-refractivity contribution >= 4 is 17.4 Å². The third kappa shape index (κ3) is 5.29. The Hall–Kier alpha value is -3.32. The number of nitrogens with zero attached hydrogens (tertiary/aromatic N) is 3. The molecular formula is C21H12ClF6N3O. The molecule has 11 heteroatoms. The van der Waals surface area contributed by atoms with Crippen molar-refractivity contribution in [2.45, 2.75) is 25.8 Å². The van der Waals surface area contributed by atoms with Gasteiger partial charge >= 0.3 is 12.4 Å². The summed E-state index contributed by atoms with van der Waals surface area (Å²) in [6, 6.07) is 7.76. The number of hydrogen-bond donors (Lipinski definition) is 0. The predicted octanol–water partition coefficient (Wildman–Crippen LogP) is 5.56. The lowest BCUT2D eigenvalue weighted by Gasteiger charge is -2.14. The molecule has 3 rings (SSSR count). The first kappa shape index (κ1) is 23.3. The number of rotatable bonds is 3. The second-order valence-corrected chi connectivity index (χ2v) is 7.06. The van der Waals surface area contributed by atoms with E-state index in [4.69, 9.17) is 11.6 Å². The Morgan fingerprint density at radius 2 is 1.62 bits per heavy atom. The number of halogens is 7. The Morgan fingerprint density at radius 3 is 2.19 bits per heavy atom. The highest BCUT2D eigenvalue weighted by molar-refractivity contribution is 6.31. The molecule has 0 saturated carbocycles. The van der Waals surface area contributed by atoms with Crippen molar-refractivity contribution in [3.05, 3.63) is 81.1 Å². The van der Waals surface area contributed by atoms with Gasteiger partial charge in [0.25, 0.3) is 5.78 Å². The van der Waals surface area contributed by atoms with E-state index in [0.29, 0.717) is 22.7 Å². The van der Waals surface area contributed by atoms with Crippen molar-refractivity contribution in [1.82, 2.24) is 15.0 Å². The number of ketones is 1. The summed E-state index contributed by atoms with van der Waals surface area (Å²) in [6.07, 6.45) is -9.94. The number of carbonyl (C=O) groups is 1. The van der Waals surface area contributed by atoms with Crippen molar-refractivity contribution in [2.75, 3.05) is 0 Å². The molecule has 0 bridgehead atoms. The fraction of sp³-hybridized carbons (Fsp3) is 0.190. The molecule has 0 aliphatic carbocycles. The molecule has 32 heavy (non-hydrogen) atoms. The van der Waals surface area contributed by atoms with Crippen LogP contribution in [-0.4, -0.2) is 20.8 Å². The van der Waals surface area contributed by atoms with E-state index in [1.54, 1.807) is 24.3 Å². The van der Waals surface area contributed by atoms with Crippen LogP contribution in [0, 0.1) is 18.8 Å². The molecule has 2 aromatic carbocycles. The molecule has 4 nitrogen and oxygen atoms in total. The molecule has 1 heterocycles. The maximum Gasteiger partial charge on any atom is 0.416 e. The number of alkyl halides is 6. The average molecular weight is 472 g/mol. The summed E-state index contributed by atoms with van der Waals surface area (Å²) in [4.78, 5) is 12.4. The Kier molecular flexibility index (Phi) is 6.32. The zero-order valence-electron chi connectivity index (χ0n) is 16.1. The van der Waals surface area contributed by atoms with Crippen LogP contribution in [0.1, 0.15) is 38.4 Å². The van der Waals surface area contributed by atoms with Gasteiger partial charge in [-0.25, -0.2) is 4.68 Å². The van der Waals surface area contributed by atoms with Gasteiger partial charge in [0.15, 0.2) is 5.69 Å². The first-order valence-electron chi connectivity index (χ1n) is 8.85. The first-order chi connectivity index (χ1) is 14.9. The minimum Gasteiger partial charge on any atom is -0.277 e. The van der Waals surface area contributed by atoms with Crippen LogP contribution in [0.2, 0.25) is 5.02 Å². The number of hydrogen-bond acceptors (Lipinski definition) is 3. The lowest BCUT2D eigenvalue weighted by Crippen LogP contribution is -2.13. The maximum atomic E-state index is 13.0. The minimum absolute atomic E-state index is 0.0386. The lowest BCUT2D eigenvalue weighted by molar-refractivity contribution is -0.143. The van der Waals surface area contributed by atoms with E-state index in [0.717, 1.165) is 4.68 Å². The predicted molar refractivity (Wildman–Crippen MR) is 103 cm³/mol. The molecule has 166 valence electrons. The standard InChI is InChI=1S/C21H12ClF6N3O/c1-12-19(18(32)7-6-14-4-2-3-5-17(14)22)29-30-31(12)11-13-8-15(20(23,24)25)10-16(9-13)21(26,27)28/h2-5,8-10H,11H2,1H3. The van der Waals surface area contributed by atoms with Crippen molar-refractivity contribution in [3.63, 3.8) is 0 Å². The molecule has 0 radical (unpaired) electrons. The van der Waals surface area contributed by atoms with Crippen LogP contribution in [-0.2, 0) is 18.9 Å². The molecule has 0 atom stereocenters. The normalized spacial score (nSPS) is 11.8. The van der Waals surface area contributed by atoms with Gasteiger partial charge in [-0.05, 0) is 48.7 Å². The summed E-state index contributed by atoms with van der Waals surface area (Å²) >= 11 is 5.96. The summed E-state index contributed by atoms with van der Waals surface area (Å²) in [5.74, 6) is 4.20. The Labute approximate surface area is 182 Å². The summed E-state index contributed by atoms with van der Waals surface area (Å²) in [7, 11) is 0. The highest BCUT2D eigenvalue weighted by atomic mass is 35.5. The van der Waals surface area contributed by atoms with E-state index >= 15 is 0 Å². The van der Waals surface area contributed by atoms with Crippen molar-refractivity contribution in [3.8, 4) is 11.8 Å². The second kappa shape index (κ2) is 8.67. The van der Waals surface area contributed by atoms with E-state index in [2.05, 4.69) is 22.2 Å². The maximum absolute atomic E-state index is 13.0. The highest BCUT2D eigenvalue weighted by Gasteiger charge is 2.37. The molecule has 3 aromatic rings. The zero-order chi connectivity index (χ0) is 23.7. The van der Waals surface area contributed by atoms with Crippen molar-refractivity contribution in [2.24, 2.45) is 0 Å². The van der Waals surface area contributed by atoms with E-state index in [9.17, 15) is 31.1 Å². The van der Waals surface area contributed by atoms with Gasteiger partial charge < -0.3 is 0 Å². The van der Waals surface area contributed by atoms with E-state index in [-0.39, 0.29) is 23.0 Å². The Morgan fingerprint density at radius 1 is 1.03 bits per heavy atom. The van der Waals surface area contributed by atoms with Gasteiger partial charge in [-0.1, -0.05) is 34.9 Å². The smallest absolute Gasteiger partial charge is 0.277 e. The van der Waals surface area contributed by atoms with Crippen molar-refractivity contribution < 1.29 is 31.1 Å². The fourth-order valence-electron chi connectivity index (χ4n) is 2.75. The molecule has 0 unspecified atom stereocenters. The van der Waals surface area contributed by atoms with Gasteiger partial charge in [-0.2, -0.15) is 26.3 Å². The molecule has 0 aliphatic heterocycles. The summed E-state index contributed by atoms with van der Waals surface area (Å²) in [5.41, 5.74) is -2.83. The number of aromatic nitrogens is 3. The van der Waals surface area contributed by atoms with Gasteiger partial charge in [-0.3, -0.25) is 4.79 Å². The molecule has 1 aromatic heterocycles. The zero-order valence-corrected chi connectivity index (χ0v) is 16.9. The van der Waals surface area contributed by atoms with E-state index in [1.807, 2.05) is 0 Å². The van der Waals surface area contributed by atoms with E-state index < -0.39 is 35.8 Å². The lowest BCUT2D eigenvalue weighted by atomic mass is 10.0. The van der Waals surface area contributed by atoms with Crippen LogP contribution in [0.25, 0.3) is 0 Å². The third-order valence-corrected chi connectivity index (χ3v) is 4.69. The SMILES string of the molecule is Cc1c(C(=O)C#Cc2ccccc2Cl)nnn1Cc1cc(C(F)(F)F)cc(C(F)(F)F)c1. The highest BCUT2D eigenvalue weighted by Crippen LogP contribution is 2.36. The average Bonchev–Trinajstić information content (AvgIpc) is 3.06. The van der Waals surface area contributed by atoms with E-state index in [1.165, 1.54) is 6.92 Å². The number of carbonyl (C=O) groups excluding carboxylic acids is 1. The minimum atomic E-state index is -4.97. The molecule has 0 spiro atoms. The molecule has 0 saturated heterocycles. The van der Waals surface area contributed by atoms with Gasteiger partial charge in [0, 0.05) is 5.56 Å². The molecule has 0 amide bonds. The molecule has 0 aliphatic rings. The van der Waals surface area contributed by atoms with Gasteiger partial charge in [0.1, 0.15) is 0 Å². The van der Waals surface area contributed by atoms with Crippen LogP contribution < -0.4 is 0 Å². The molecule has 0 fully saturated rings. The fourth-order valence-corrected chi connectivity index (χ4v) is 2.93. The van der Waals surface area contributed by atoms with Gasteiger partial charge in [0.2, 0.25) is 0 Å². The molecular weight excluding hydrogens is 460 g/mol. The Bertz CT molecular complexity index is 1200. The third-order valence-electron chi connectivity index (χ3n) is 4.36. The quantitative estimate of drug-likeness (QED) is 0.285. The molecule has 0 N–H and O–H groups in total. The van der Waals surface area contributed by atoms with Crippen molar-refractivity contribution in [1.29, 1.82) is 0 Å². The van der Waals surface area contributed by atoms with Crippen LogP contribution >= 0.6 is 11.6 Å². The topological polar surface area (TPSA) is 47.8 Å². The van der Waals surface area contributed by atoms with Crippen LogP contribution in [0.5, 0.6) is 0 Å². The summed E-state index contributed by atoms with van der Waals surface area (Å²) < 4.78 is 79.3. The summed E-state index contributed by atoms with van der Waals surface area (Å²) in [5, 5.41) is 7.68. The van der Waals surface area contributed by atoms with Gasteiger partial charge in [0.05, 0.1) is 28.4 Å². The monoisotopic (exact) mass is 471 g/mol. The Balaban J connectivity index is 1.91.